The molecule has 2 heterocycles. The van der Waals surface area contributed by atoms with Gasteiger partial charge in [-0.25, -0.2) is 0 Å². The Hall–Kier alpha value is -0.280. The van der Waals surface area contributed by atoms with Crippen molar-refractivity contribution in [3.05, 3.63) is 22.6 Å². The molecule has 1 aliphatic heterocycles. The van der Waals surface area contributed by atoms with Gasteiger partial charge in [0.15, 0.2) is 4.67 Å². The lowest BCUT2D eigenvalue weighted by molar-refractivity contribution is 0.302. The molecule has 2 unspecified atom stereocenters. The molecule has 0 radical (unpaired) electrons. The molecule has 1 aliphatic carbocycles. The number of halogens is 1. The Morgan fingerprint density at radius 3 is 2.67 bits per heavy atom. The van der Waals surface area contributed by atoms with Crippen molar-refractivity contribution in [2.45, 2.75) is 25.8 Å². The minimum absolute atomic E-state index is 0.844. The molecule has 2 nitrogen and oxygen atoms in total. The fraction of sp³-hybridized carbons (Fsp3) is 0.667. The normalized spacial score (nSPS) is 31.0. The molecule has 1 aromatic rings. The molecule has 0 aromatic carbocycles. The molecule has 82 valence electrons. The second kappa shape index (κ2) is 3.95. The number of hydrogen-bond acceptors (Lipinski definition) is 2. The molecule has 3 rings (SSSR count). The molecule has 0 bridgehead atoms. The van der Waals surface area contributed by atoms with E-state index in [1.54, 1.807) is 0 Å². The lowest BCUT2D eigenvalue weighted by Gasteiger charge is -2.14. The van der Waals surface area contributed by atoms with E-state index in [0.29, 0.717) is 0 Å². The van der Waals surface area contributed by atoms with E-state index in [4.69, 9.17) is 4.42 Å². The maximum atomic E-state index is 5.26. The highest BCUT2D eigenvalue weighted by molar-refractivity contribution is 9.10. The van der Waals surface area contributed by atoms with Crippen molar-refractivity contribution < 1.29 is 4.42 Å². The van der Waals surface area contributed by atoms with Gasteiger partial charge in [0.1, 0.15) is 0 Å². The zero-order valence-corrected chi connectivity index (χ0v) is 10.4. The van der Waals surface area contributed by atoms with E-state index in [-0.39, 0.29) is 0 Å². The van der Waals surface area contributed by atoms with Crippen LogP contribution in [0, 0.1) is 11.8 Å². The summed E-state index contributed by atoms with van der Waals surface area (Å²) in [6, 6.07) is 2.08. The Morgan fingerprint density at radius 1 is 1.33 bits per heavy atom. The Kier molecular flexibility index (Phi) is 2.61. The zero-order valence-electron chi connectivity index (χ0n) is 8.79. The summed E-state index contributed by atoms with van der Waals surface area (Å²) in [4.78, 5) is 2.58. The first-order valence-corrected chi connectivity index (χ1v) is 6.56. The lowest BCUT2D eigenvalue weighted by Crippen LogP contribution is -2.20. The predicted molar refractivity (Wildman–Crippen MR) is 62.5 cm³/mol. The molecular formula is C12H16BrNO. The molecule has 1 saturated heterocycles. The van der Waals surface area contributed by atoms with Crippen molar-refractivity contribution in [2.24, 2.45) is 11.8 Å². The van der Waals surface area contributed by atoms with Crippen LogP contribution in [-0.4, -0.2) is 18.0 Å². The molecule has 0 spiro atoms. The average molecular weight is 270 g/mol. The van der Waals surface area contributed by atoms with Gasteiger partial charge in [-0.3, -0.25) is 4.90 Å². The van der Waals surface area contributed by atoms with Crippen LogP contribution in [-0.2, 0) is 6.54 Å². The van der Waals surface area contributed by atoms with Crippen LogP contribution in [0.3, 0.4) is 0 Å². The second-order valence-corrected chi connectivity index (χ2v) is 5.69. The maximum Gasteiger partial charge on any atom is 0.169 e. The molecule has 2 atom stereocenters. The van der Waals surface area contributed by atoms with E-state index in [2.05, 4.69) is 26.9 Å². The topological polar surface area (TPSA) is 16.4 Å². The monoisotopic (exact) mass is 269 g/mol. The number of furan rings is 1. The van der Waals surface area contributed by atoms with Crippen LogP contribution >= 0.6 is 15.9 Å². The number of nitrogens with zero attached hydrogens (tertiary/aromatic N) is 1. The molecule has 0 amide bonds. The van der Waals surface area contributed by atoms with Gasteiger partial charge in [-0.1, -0.05) is 6.42 Å². The summed E-state index contributed by atoms with van der Waals surface area (Å²) in [5.74, 6) is 1.97. The number of rotatable bonds is 2. The molecule has 1 aromatic heterocycles. The van der Waals surface area contributed by atoms with Gasteiger partial charge in [0.2, 0.25) is 0 Å². The van der Waals surface area contributed by atoms with Crippen LogP contribution in [0.15, 0.2) is 21.4 Å². The summed E-state index contributed by atoms with van der Waals surface area (Å²) in [5, 5.41) is 0. The molecular weight excluding hydrogens is 254 g/mol. The van der Waals surface area contributed by atoms with E-state index in [1.807, 2.05) is 6.26 Å². The quantitative estimate of drug-likeness (QED) is 0.820. The molecule has 0 N–H and O–H groups in total. The molecule has 3 heteroatoms. The number of likely N-dealkylation sites (tertiary alicyclic amines) is 1. The van der Waals surface area contributed by atoms with Gasteiger partial charge in [0.25, 0.3) is 0 Å². The Morgan fingerprint density at radius 2 is 2.07 bits per heavy atom. The summed E-state index contributed by atoms with van der Waals surface area (Å²) in [6.07, 6.45) is 6.23. The largest absolute Gasteiger partial charge is 0.457 e. The van der Waals surface area contributed by atoms with Gasteiger partial charge in [-0.05, 0) is 46.7 Å². The number of fused-ring (bicyclic) bond motifs is 1. The van der Waals surface area contributed by atoms with Gasteiger partial charge in [0.05, 0.1) is 6.26 Å². The van der Waals surface area contributed by atoms with Crippen molar-refractivity contribution in [3.8, 4) is 0 Å². The lowest BCUT2D eigenvalue weighted by atomic mass is 10.0. The van der Waals surface area contributed by atoms with Crippen LogP contribution in [0.1, 0.15) is 24.8 Å². The fourth-order valence-corrected chi connectivity index (χ4v) is 3.54. The van der Waals surface area contributed by atoms with Gasteiger partial charge in [0, 0.05) is 25.2 Å². The molecule has 15 heavy (non-hydrogen) atoms. The van der Waals surface area contributed by atoms with Crippen LogP contribution in [0.2, 0.25) is 0 Å². The molecule has 2 fully saturated rings. The Bertz CT molecular complexity index is 337. The highest BCUT2D eigenvalue weighted by Crippen LogP contribution is 2.38. The third-order valence-electron chi connectivity index (χ3n) is 3.83. The third-order valence-corrected chi connectivity index (χ3v) is 4.25. The molecule has 1 saturated carbocycles. The fourth-order valence-electron chi connectivity index (χ4n) is 3.15. The van der Waals surface area contributed by atoms with E-state index in [9.17, 15) is 0 Å². The first kappa shape index (κ1) is 9.91. The first-order valence-electron chi connectivity index (χ1n) is 5.76. The highest BCUT2D eigenvalue weighted by atomic mass is 79.9. The SMILES string of the molecule is Brc1cc(CN2CC3CCCC3C2)co1. The van der Waals surface area contributed by atoms with E-state index in [1.165, 1.54) is 37.9 Å². The van der Waals surface area contributed by atoms with E-state index < -0.39 is 0 Å². The summed E-state index contributed by atoms with van der Waals surface area (Å²) >= 11 is 3.34. The second-order valence-electron chi connectivity index (χ2n) is 4.90. The minimum Gasteiger partial charge on any atom is -0.457 e. The zero-order chi connectivity index (χ0) is 10.3. The van der Waals surface area contributed by atoms with Crippen LogP contribution in [0.4, 0.5) is 0 Å². The first-order chi connectivity index (χ1) is 7.31. The Balaban J connectivity index is 1.61. The summed E-state index contributed by atoms with van der Waals surface area (Å²) in [7, 11) is 0. The summed E-state index contributed by atoms with van der Waals surface area (Å²) in [6.45, 7) is 3.66. The third kappa shape index (κ3) is 2.00. The van der Waals surface area contributed by atoms with Crippen molar-refractivity contribution >= 4 is 15.9 Å². The predicted octanol–water partition coefficient (Wildman–Crippen LogP) is 3.27. The maximum absolute atomic E-state index is 5.26. The van der Waals surface area contributed by atoms with Crippen molar-refractivity contribution in [3.63, 3.8) is 0 Å². The van der Waals surface area contributed by atoms with Gasteiger partial charge >= 0.3 is 0 Å². The van der Waals surface area contributed by atoms with E-state index >= 15 is 0 Å². The van der Waals surface area contributed by atoms with Gasteiger partial charge in [-0.15, -0.1) is 0 Å². The number of hydrogen-bond donors (Lipinski definition) is 0. The minimum atomic E-state index is 0.844. The summed E-state index contributed by atoms with van der Waals surface area (Å²) in [5.41, 5.74) is 1.29. The summed E-state index contributed by atoms with van der Waals surface area (Å²) < 4.78 is 6.10. The Labute approximate surface area is 98.8 Å². The standard InChI is InChI=1S/C12H16BrNO/c13-12-4-9(8-15-12)5-14-6-10-2-1-3-11(10)7-14/h4,8,10-11H,1-3,5-7H2. The van der Waals surface area contributed by atoms with Crippen LogP contribution in [0.5, 0.6) is 0 Å². The average Bonchev–Trinajstić information content (AvgIpc) is 2.81. The van der Waals surface area contributed by atoms with Crippen molar-refractivity contribution in [2.75, 3.05) is 13.1 Å². The van der Waals surface area contributed by atoms with Crippen LogP contribution < -0.4 is 0 Å². The van der Waals surface area contributed by atoms with E-state index in [0.717, 1.165) is 23.1 Å². The van der Waals surface area contributed by atoms with Gasteiger partial charge < -0.3 is 4.42 Å². The highest BCUT2D eigenvalue weighted by Gasteiger charge is 2.35. The van der Waals surface area contributed by atoms with Crippen LogP contribution in [0.25, 0.3) is 0 Å². The smallest absolute Gasteiger partial charge is 0.169 e. The van der Waals surface area contributed by atoms with Gasteiger partial charge in [-0.2, -0.15) is 0 Å². The molecule has 2 aliphatic rings. The van der Waals surface area contributed by atoms with Crippen molar-refractivity contribution in [1.29, 1.82) is 0 Å². The van der Waals surface area contributed by atoms with Crippen molar-refractivity contribution in [1.82, 2.24) is 4.90 Å².